The summed E-state index contributed by atoms with van der Waals surface area (Å²) in [4.78, 5) is 3.48. The first-order valence-corrected chi connectivity index (χ1v) is 3.10. The van der Waals surface area contributed by atoms with E-state index in [1.807, 2.05) is 0 Å². The Balaban J connectivity index is 3.58. The van der Waals surface area contributed by atoms with Gasteiger partial charge in [-0.1, -0.05) is 0 Å². The molecule has 3 heteroatoms. The van der Waals surface area contributed by atoms with Gasteiger partial charge in [0, 0.05) is 32.8 Å². The van der Waals surface area contributed by atoms with E-state index in [0.717, 1.165) is 0 Å². The first-order valence-electron chi connectivity index (χ1n) is 6.81. The number of nitrogens with zero attached hydrogens (tertiary/aromatic N) is 2. The molecule has 0 radical (unpaired) electrons. The normalized spacial score (nSPS) is 25.1. The monoisotopic (exact) mass is 209 g/mol. The zero-order valence-electron chi connectivity index (χ0n) is 13.8. The molecule has 0 saturated carbocycles. The van der Waals surface area contributed by atoms with Gasteiger partial charge in [0.2, 0.25) is 0 Å². The first-order chi connectivity index (χ1) is 8.37. The maximum Gasteiger partial charge on any atom is 0.128 e. The second kappa shape index (κ2) is 3.01. The van der Waals surface area contributed by atoms with Crippen LogP contribution in [-0.4, -0.2) is 18.9 Å². The van der Waals surface area contributed by atoms with E-state index in [1.54, 1.807) is 0 Å². The molecule has 1 aromatic rings. The van der Waals surface area contributed by atoms with Gasteiger partial charge in [-0.2, -0.15) is 0 Å². The topological polar surface area (TPSA) is 16.1 Å². The summed E-state index contributed by atoms with van der Waals surface area (Å²) in [5.41, 5.74) is 0. The van der Waals surface area contributed by atoms with E-state index < -0.39 is 38.0 Å². The predicted molar refractivity (Wildman–Crippen MR) is 46.3 cm³/mol. The Hall–Kier alpha value is -0.570. The van der Waals surface area contributed by atoms with Crippen LogP contribution in [-0.2, 0) is 0 Å². The van der Waals surface area contributed by atoms with Crippen LogP contribution in [0.1, 0.15) is 12.3 Å². The van der Waals surface area contributed by atoms with Crippen molar-refractivity contribution >= 4 is 21.7 Å². The van der Waals surface area contributed by atoms with Gasteiger partial charge in [0.25, 0.3) is 0 Å². The van der Waals surface area contributed by atoms with Crippen molar-refractivity contribution in [2.24, 2.45) is 0 Å². The molecule has 0 aliphatic rings. The minimum absolute atomic E-state index is 0.00907. The van der Waals surface area contributed by atoms with Crippen molar-refractivity contribution < 1.29 is 12.3 Å². The van der Waals surface area contributed by atoms with Crippen LogP contribution in [0.15, 0.2) is 22.7 Å². The number of aromatic nitrogens is 1. The molecular formula is C7H9BrN2. The third-order valence-corrected chi connectivity index (χ3v) is 1.13. The van der Waals surface area contributed by atoms with Crippen molar-refractivity contribution in [2.75, 3.05) is 18.9 Å². The van der Waals surface area contributed by atoms with E-state index in [9.17, 15) is 0 Å². The van der Waals surface area contributed by atoms with Gasteiger partial charge in [0.15, 0.2) is 0 Å². The minimum atomic E-state index is -3.07. The van der Waals surface area contributed by atoms with Gasteiger partial charge in [0.05, 0.1) is 4.11 Å². The van der Waals surface area contributed by atoms with Gasteiger partial charge in [-0.25, -0.2) is 4.98 Å². The second-order valence-electron chi connectivity index (χ2n) is 1.45. The second-order valence-corrected chi connectivity index (χ2v) is 2.24. The number of anilines is 1. The van der Waals surface area contributed by atoms with E-state index in [4.69, 9.17) is 12.3 Å². The van der Waals surface area contributed by atoms with Crippen LogP contribution in [0.2, 0.25) is 0 Å². The van der Waals surface area contributed by atoms with E-state index in [1.165, 1.54) is 0 Å². The number of pyridine rings is 1. The average Bonchev–Trinajstić information content (AvgIpc) is 2.19. The summed E-state index contributed by atoms with van der Waals surface area (Å²) in [6, 6.07) is -1.16. The van der Waals surface area contributed by atoms with Gasteiger partial charge >= 0.3 is 0 Å². The molecule has 0 atom stereocenters. The van der Waals surface area contributed by atoms with Crippen molar-refractivity contribution in [1.82, 2.24) is 4.98 Å². The largest absolute Gasteiger partial charge is 0.363 e. The SMILES string of the molecule is [2H]c1nc(N(C([2H])([2H])[2H])C([2H])([2H])[2H])c([2H])c([2H])c1Br. The standard InChI is InChI=1S/C7H9BrN2/c1-10(2)7-4-3-6(8)5-9-7/h3-5H,1-2H3/i1D3,2D3,3D,4D,5D. The van der Waals surface area contributed by atoms with Gasteiger partial charge in [-0.3, -0.25) is 0 Å². The summed E-state index contributed by atoms with van der Waals surface area (Å²) in [5.74, 6) is -0.738. The zero-order chi connectivity index (χ0) is 15.2. The fraction of sp³-hybridized carbons (Fsp3) is 0.286. The molecule has 10 heavy (non-hydrogen) atoms. The summed E-state index contributed by atoms with van der Waals surface area (Å²) in [6.45, 7) is -6.14. The first kappa shape index (κ1) is 1.97. The molecule has 54 valence electrons. The Bertz CT molecular complexity index is 481. The fourth-order valence-corrected chi connectivity index (χ4v) is 0.562. The number of hydrogen-bond acceptors (Lipinski definition) is 2. The molecule has 0 N–H and O–H groups in total. The molecule has 0 aliphatic carbocycles. The van der Waals surface area contributed by atoms with Crippen LogP contribution in [0, 0.1) is 0 Å². The van der Waals surface area contributed by atoms with Gasteiger partial charge in [-0.15, -0.1) is 0 Å². The Labute approximate surface area is 81.7 Å². The molecule has 0 unspecified atom stereocenters. The molecular weight excluding hydrogens is 192 g/mol. The molecule has 0 bridgehead atoms. The smallest absolute Gasteiger partial charge is 0.128 e. The lowest BCUT2D eigenvalue weighted by Crippen LogP contribution is -2.09. The van der Waals surface area contributed by atoms with Crippen molar-refractivity contribution in [3.05, 3.63) is 22.7 Å². The van der Waals surface area contributed by atoms with E-state index in [0.29, 0.717) is 0 Å². The van der Waals surface area contributed by atoms with Gasteiger partial charge in [0.1, 0.15) is 5.82 Å². The van der Waals surface area contributed by atoms with Crippen LogP contribution >= 0.6 is 15.9 Å². The maximum atomic E-state index is 7.62. The molecule has 1 rings (SSSR count). The van der Waals surface area contributed by atoms with Crippen LogP contribution in [0.3, 0.4) is 0 Å². The lowest BCUT2D eigenvalue weighted by Gasteiger charge is -2.09. The molecule has 0 spiro atoms. The highest BCUT2D eigenvalue weighted by Gasteiger charge is 1.93. The molecule has 1 aromatic heterocycles. The van der Waals surface area contributed by atoms with Crippen LogP contribution in [0.5, 0.6) is 0 Å². The molecule has 1 heterocycles. The average molecular weight is 210 g/mol. The Kier molecular flexibility index (Phi) is 0.594. The fourth-order valence-electron chi connectivity index (χ4n) is 0.375. The lowest BCUT2D eigenvalue weighted by atomic mass is 10.4. The molecule has 0 saturated heterocycles. The lowest BCUT2D eigenvalue weighted by molar-refractivity contribution is 1.07. The summed E-state index contributed by atoms with van der Waals surface area (Å²) in [5, 5.41) is 0. The van der Waals surface area contributed by atoms with Crippen LogP contribution in [0.4, 0.5) is 5.82 Å². The maximum absolute atomic E-state index is 7.62. The predicted octanol–water partition coefficient (Wildman–Crippen LogP) is 1.91. The van der Waals surface area contributed by atoms with E-state index >= 15 is 0 Å². The van der Waals surface area contributed by atoms with Crippen molar-refractivity contribution in [3.63, 3.8) is 0 Å². The molecule has 0 amide bonds. The molecule has 0 aromatic carbocycles. The van der Waals surface area contributed by atoms with Crippen molar-refractivity contribution in [3.8, 4) is 0 Å². The van der Waals surface area contributed by atoms with E-state index in [2.05, 4.69) is 20.9 Å². The third kappa shape index (κ3) is 1.70. The summed E-state index contributed by atoms with van der Waals surface area (Å²) >= 11 is 2.86. The summed E-state index contributed by atoms with van der Waals surface area (Å²) in [6.07, 6.45) is -0.505. The zero-order valence-corrected chi connectivity index (χ0v) is 6.36. The quantitative estimate of drug-likeness (QED) is 0.703. The molecule has 2 nitrogen and oxygen atoms in total. The number of halogens is 1. The Morgan fingerprint density at radius 3 is 3.20 bits per heavy atom. The van der Waals surface area contributed by atoms with Gasteiger partial charge < -0.3 is 4.90 Å². The molecule has 0 aliphatic heterocycles. The van der Waals surface area contributed by atoms with Crippen LogP contribution < -0.4 is 4.90 Å². The summed E-state index contributed by atoms with van der Waals surface area (Å²) in [7, 11) is 0. The third-order valence-electron chi connectivity index (χ3n) is 0.756. The Morgan fingerprint density at radius 2 is 2.50 bits per heavy atom. The Morgan fingerprint density at radius 1 is 1.70 bits per heavy atom. The van der Waals surface area contributed by atoms with Gasteiger partial charge in [-0.05, 0) is 28.0 Å². The highest BCUT2D eigenvalue weighted by Crippen LogP contribution is 2.11. The van der Waals surface area contributed by atoms with E-state index in [-0.39, 0.29) is 9.37 Å². The highest BCUT2D eigenvalue weighted by molar-refractivity contribution is 9.10. The van der Waals surface area contributed by atoms with Crippen molar-refractivity contribution in [2.45, 2.75) is 0 Å². The molecule has 0 fully saturated rings. The van der Waals surface area contributed by atoms with Crippen LogP contribution in [0.25, 0.3) is 0 Å². The number of hydrogen-bond donors (Lipinski definition) is 0. The summed E-state index contributed by atoms with van der Waals surface area (Å²) < 4.78 is 65.8. The number of rotatable bonds is 1. The van der Waals surface area contributed by atoms with Crippen molar-refractivity contribution in [1.29, 1.82) is 0 Å². The minimum Gasteiger partial charge on any atom is -0.363 e. The highest BCUT2D eigenvalue weighted by atomic mass is 79.9.